The van der Waals surface area contributed by atoms with Crippen LogP contribution < -0.4 is 4.90 Å². The number of nitrogens with zero attached hydrogens (tertiary/aromatic N) is 3. The molecule has 0 saturated carbocycles. The Morgan fingerprint density at radius 2 is 2.00 bits per heavy atom. The summed E-state index contributed by atoms with van der Waals surface area (Å²) in [4.78, 5) is 10.0. The molecule has 1 fully saturated rings. The highest BCUT2D eigenvalue weighted by molar-refractivity contribution is 7.81. The summed E-state index contributed by atoms with van der Waals surface area (Å²) in [6, 6.07) is 3.02. The number of aromatic nitrogens is 2. The Hall–Kier alpha value is -1.51. The number of halogens is 4. The minimum absolute atomic E-state index is 0.0315. The third-order valence-corrected chi connectivity index (χ3v) is 4.51. The van der Waals surface area contributed by atoms with Gasteiger partial charge in [-0.1, -0.05) is 0 Å². The van der Waals surface area contributed by atoms with Gasteiger partial charge in [0.1, 0.15) is 11.6 Å². The standard InChI is InChI=1S/C16H15ClF3N3OS/c17-16-21-2-1-15(22-16)23-6-11(25)4-10(23)8-24-7-9-3-13(19)14(20)5-12(9)18/h1-3,5,10-11,25H,4,6-8H2. The molecule has 25 heavy (non-hydrogen) atoms. The average Bonchev–Trinajstić information content (AvgIpc) is 2.93. The molecule has 3 rings (SSSR count). The van der Waals surface area contributed by atoms with E-state index in [9.17, 15) is 13.2 Å². The van der Waals surface area contributed by atoms with Gasteiger partial charge in [-0.05, 0) is 30.2 Å². The SMILES string of the molecule is Fc1cc(F)c(COCC2CC(S)CN2c2ccnc(Cl)n2)cc1F. The van der Waals surface area contributed by atoms with Crippen LogP contribution in [0, 0.1) is 17.5 Å². The van der Waals surface area contributed by atoms with Crippen LogP contribution in [0.4, 0.5) is 19.0 Å². The van der Waals surface area contributed by atoms with Gasteiger partial charge in [-0.2, -0.15) is 12.6 Å². The van der Waals surface area contributed by atoms with E-state index in [4.69, 9.17) is 16.3 Å². The predicted molar refractivity (Wildman–Crippen MR) is 91.5 cm³/mol. The summed E-state index contributed by atoms with van der Waals surface area (Å²) in [7, 11) is 0. The monoisotopic (exact) mass is 389 g/mol. The fraction of sp³-hybridized carbons (Fsp3) is 0.375. The molecular formula is C16H15ClF3N3OS. The first-order valence-corrected chi connectivity index (χ1v) is 8.48. The van der Waals surface area contributed by atoms with E-state index in [2.05, 4.69) is 22.6 Å². The molecule has 0 aliphatic carbocycles. The summed E-state index contributed by atoms with van der Waals surface area (Å²) < 4.78 is 45.3. The van der Waals surface area contributed by atoms with Crippen LogP contribution in [0.3, 0.4) is 0 Å². The fourth-order valence-corrected chi connectivity index (χ4v) is 3.36. The average molecular weight is 390 g/mol. The van der Waals surface area contributed by atoms with Crippen molar-refractivity contribution in [1.82, 2.24) is 9.97 Å². The summed E-state index contributed by atoms with van der Waals surface area (Å²) in [5.41, 5.74) is -0.0315. The normalized spacial score (nSPS) is 20.3. The lowest BCUT2D eigenvalue weighted by Crippen LogP contribution is -2.34. The maximum absolute atomic E-state index is 13.6. The van der Waals surface area contributed by atoms with Gasteiger partial charge < -0.3 is 9.64 Å². The number of benzene rings is 1. The maximum atomic E-state index is 13.6. The molecule has 9 heteroatoms. The summed E-state index contributed by atoms with van der Waals surface area (Å²) in [5.74, 6) is -2.50. The molecule has 1 aromatic heterocycles. The van der Waals surface area contributed by atoms with Gasteiger partial charge in [0.05, 0.1) is 19.3 Å². The van der Waals surface area contributed by atoms with Crippen molar-refractivity contribution in [1.29, 1.82) is 0 Å². The quantitative estimate of drug-likeness (QED) is 0.481. The van der Waals surface area contributed by atoms with Gasteiger partial charge in [-0.25, -0.2) is 23.1 Å². The van der Waals surface area contributed by atoms with Gasteiger partial charge in [0.25, 0.3) is 0 Å². The van der Waals surface area contributed by atoms with E-state index >= 15 is 0 Å². The van der Waals surface area contributed by atoms with Crippen LogP contribution in [0.1, 0.15) is 12.0 Å². The molecule has 1 aliphatic heterocycles. The first kappa shape index (κ1) is 18.3. The number of rotatable bonds is 5. The van der Waals surface area contributed by atoms with Crippen LogP contribution in [-0.4, -0.2) is 34.4 Å². The zero-order valence-corrected chi connectivity index (χ0v) is 14.7. The summed E-state index contributed by atoms with van der Waals surface area (Å²) in [6.07, 6.45) is 2.30. The predicted octanol–water partition coefficient (Wildman–Crippen LogP) is 3.64. The Bertz CT molecular complexity index is 767. The van der Waals surface area contributed by atoms with E-state index in [1.165, 1.54) is 0 Å². The van der Waals surface area contributed by atoms with Gasteiger partial charge in [0.2, 0.25) is 5.28 Å². The van der Waals surface area contributed by atoms with Crippen molar-refractivity contribution in [3.63, 3.8) is 0 Å². The smallest absolute Gasteiger partial charge is 0.224 e. The highest BCUT2D eigenvalue weighted by atomic mass is 35.5. The molecule has 1 saturated heterocycles. The van der Waals surface area contributed by atoms with E-state index in [1.807, 2.05) is 4.90 Å². The number of hydrogen-bond donors (Lipinski definition) is 1. The van der Waals surface area contributed by atoms with Crippen LogP contribution in [0.25, 0.3) is 0 Å². The van der Waals surface area contributed by atoms with Gasteiger partial charge in [0.15, 0.2) is 11.6 Å². The fourth-order valence-electron chi connectivity index (χ4n) is 2.80. The second kappa shape index (κ2) is 7.80. The topological polar surface area (TPSA) is 38.2 Å². The van der Waals surface area contributed by atoms with Crippen molar-refractivity contribution < 1.29 is 17.9 Å². The first-order chi connectivity index (χ1) is 11.9. The van der Waals surface area contributed by atoms with Crippen LogP contribution in [0.5, 0.6) is 0 Å². The van der Waals surface area contributed by atoms with Crippen LogP contribution in [0.2, 0.25) is 5.28 Å². The van der Waals surface area contributed by atoms with Gasteiger partial charge in [-0.3, -0.25) is 0 Å². The van der Waals surface area contributed by atoms with E-state index in [1.54, 1.807) is 12.3 Å². The molecule has 2 aromatic rings. The van der Waals surface area contributed by atoms with E-state index in [0.29, 0.717) is 18.4 Å². The maximum Gasteiger partial charge on any atom is 0.224 e. The molecule has 1 aliphatic rings. The lowest BCUT2D eigenvalue weighted by atomic mass is 10.2. The molecule has 0 radical (unpaired) electrons. The van der Waals surface area contributed by atoms with E-state index in [-0.39, 0.29) is 35.4 Å². The lowest BCUT2D eigenvalue weighted by Gasteiger charge is -2.25. The van der Waals surface area contributed by atoms with Crippen molar-refractivity contribution >= 4 is 30.0 Å². The molecule has 2 heterocycles. The number of anilines is 1. The molecule has 0 spiro atoms. The Balaban J connectivity index is 1.64. The van der Waals surface area contributed by atoms with Crippen LogP contribution >= 0.6 is 24.2 Å². The first-order valence-electron chi connectivity index (χ1n) is 7.58. The number of thiol groups is 1. The molecular weight excluding hydrogens is 375 g/mol. The van der Waals surface area contributed by atoms with Gasteiger partial charge in [0, 0.05) is 29.6 Å². The highest BCUT2D eigenvalue weighted by Crippen LogP contribution is 2.27. The summed E-state index contributed by atoms with van der Waals surface area (Å²) in [6.45, 7) is 0.760. The van der Waals surface area contributed by atoms with Crippen molar-refractivity contribution in [2.24, 2.45) is 0 Å². The Labute approximate surface area is 153 Å². The minimum atomic E-state index is -1.22. The Kier molecular flexibility index (Phi) is 5.71. The third-order valence-electron chi connectivity index (χ3n) is 3.96. The van der Waals surface area contributed by atoms with Crippen molar-refractivity contribution in [3.8, 4) is 0 Å². The summed E-state index contributed by atoms with van der Waals surface area (Å²) >= 11 is 10.3. The molecule has 4 nitrogen and oxygen atoms in total. The third kappa shape index (κ3) is 4.37. The van der Waals surface area contributed by atoms with Crippen molar-refractivity contribution in [3.05, 3.63) is 52.7 Å². The molecule has 2 unspecified atom stereocenters. The van der Waals surface area contributed by atoms with Crippen molar-refractivity contribution in [2.75, 3.05) is 18.1 Å². The molecule has 134 valence electrons. The van der Waals surface area contributed by atoms with E-state index < -0.39 is 17.5 Å². The summed E-state index contributed by atoms with van der Waals surface area (Å²) in [5, 5.41) is 0.269. The van der Waals surface area contributed by atoms with Crippen LogP contribution in [-0.2, 0) is 11.3 Å². The Morgan fingerprint density at radius 1 is 1.24 bits per heavy atom. The van der Waals surface area contributed by atoms with Gasteiger partial charge >= 0.3 is 0 Å². The van der Waals surface area contributed by atoms with Gasteiger partial charge in [-0.15, -0.1) is 0 Å². The largest absolute Gasteiger partial charge is 0.375 e. The second-order valence-electron chi connectivity index (χ2n) is 5.75. The zero-order valence-electron chi connectivity index (χ0n) is 13.0. The molecule has 0 amide bonds. The number of ether oxygens (including phenoxy) is 1. The zero-order chi connectivity index (χ0) is 18.0. The van der Waals surface area contributed by atoms with Crippen LogP contribution in [0.15, 0.2) is 24.4 Å². The highest BCUT2D eigenvalue weighted by Gasteiger charge is 2.31. The Morgan fingerprint density at radius 3 is 2.76 bits per heavy atom. The molecule has 1 aromatic carbocycles. The van der Waals surface area contributed by atoms with E-state index in [0.717, 1.165) is 12.5 Å². The number of hydrogen-bond acceptors (Lipinski definition) is 5. The molecule has 2 atom stereocenters. The minimum Gasteiger partial charge on any atom is -0.375 e. The molecule has 0 N–H and O–H groups in total. The second-order valence-corrected chi connectivity index (χ2v) is 6.82. The lowest BCUT2D eigenvalue weighted by molar-refractivity contribution is 0.106. The van der Waals surface area contributed by atoms with Crippen molar-refractivity contribution in [2.45, 2.75) is 24.3 Å². The molecule has 0 bridgehead atoms.